The Kier molecular flexibility index (Phi) is 2.66. The first kappa shape index (κ1) is 11.7. The van der Waals surface area contributed by atoms with Gasteiger partial charge in [-0.2, -0.15) is 0 Å². The Bertz CT molecular complexity index is 461. The zero-order chi connectivity index (χ0) is 12.8. The van der Waals surface area contributed by atoms with Gasteiger partial charge in [0.15, 0.2) is 0 Å². The fourth-order valence-electron chi connectivity index (χ4n) is 2.38. The number of aliphatic hydroxyl groups excluding tert-OH is 1. The molecule has 5 nitrogen and oxygen atoms in total. The summed E-state index contributed by atoms with van der Waals surface area (Å²) in [5, 5.41) is 12.9. The topological polar surface area (TPSA) is 84.1 Å². The van der Waals surface area contributed by atoms with E-state index in [1.54, 1.807) is 0 Å². The van der Waals surface area contributed by atoms with Crippen LogP contribution < -0.4 is 11.1 Å². The van der Waals surface area contributed by atoms with Crippen LogP contribution in [-0.2, 0) is 0 Å². The molecule has 0 saturated heterocycles. The Morgan fingerprint density at radius 1 is 1.39 bits per heavy atom. The lowest BCUT2D eigenvalue weighted by atomic mass is 9.77. The molecule has 2 aliphatic rings. The molecular weight excluding hydrogens is 228 g/mol. The molecule has 1 aromatic rings. The van der Waals surface area contributed by atoms with Gasteiger partial charge in [0.2, 0.25) is 0 Å². The van der Waals surface area contributed by atoms with Crippen LogP contribution in [0, 0.1) is 6.92 Å². The molecule has 4 N–H and O–H groups in total. The summed E-state index contributed by atoms with van der Waals surface area (Å²) in [6.07, 6.45) is 5.46. The SMILES string of the molecule is Cc1c(N)nc(C2CC2)nc1NC1(CO)CCC1. The van der Waals surface area contributed by atoms with E-state index in [1.807, 2.05) is 6.92 Å². The Hall–Kier alpha value is -1.36. The van der Waals surface area contributed by atoms with Crippen LogP contribution in [0.5, 0.6) is 0 Å². The van der Waals surface area contributed by atoms with Gasteiger partial charge in [0, 0.05) is 11.5 Å². The lowest BCUT2D eigenvalue weighted by Gasteiger charge is -2.41. The van der Waals surface area contributed by atoms with Gasteiger partial charge >= 0.3 is 0 Å². The second kappa shape index (κ2) is 4.09. The first-order valence-electron chi connectivity index (χ1n) is 6.67. The molecule has 0 spiro atoms. The highest BCUT2D eigenvalue weighted by Gasteiger charge is 2.37. The van der Waals surface area contributed by atoms with Crippen molar-refractivity contribution >= 4 is 11.6 Å². The minimum atomic E-state index is -0.188. The molecular formula is C13H20N4O. The summed E-state index contributed by atoms with van der Waals surface area (Å²) in [6, 6.07) is 0. The maximum Gasteiger partial charge on any atom is 0.136 e. The number of aliphatic hydroxyl groups is 1. The Morgan fingerprint density at radius 3 is 2.61 bits per heavy atom. The van der Waals surface area contributed by atoms with Gasteiger partial charge in [-0.05, 0) is 39.0 Å². The van der Waals surface area contributed by atoms with Crippen molar-refractivity contribution in [2.45, 2.75) is 50.5 Å². The molecule has 18 heavy (non-hydrogen) atoms. The Labute approximate surface area is 107 Å². The summed E-state index contributed by atoms with van der Waals surface area (Å²) in [5.74, 6) is 2.70. The average molecular weight is 248 g/mol. The van der Waals surface area contributed by atoms with Crippen LogP contribution in [0.2, 0.25) is 0 Å². The molecule has 0 unspecified atom stereocenters. The minimum Gasteiger partial charge on any atom is -0.394 e. The molecule has 2 aliphatic carbocycles. The highest BCUT2D eigenvalue weighted by molar-refractivity contribution is 5.56. The lowest BCUT2D eigenvalue weighted by molar-refractivity contribution is 0.143. The maximum absolute atomic E-state index is 9.51. The highest BCUT2D eigenvalue weighted by atomic mass is 16.3. The van der Waals surface area contributed by atoms with Gasteiger partial charge in [-0.3, -0.25) is 0 Å². The predicted molar refractivity (Wildman–Crippen MR) is 70.4 cm³/mol. The third kappa shape index (κ3) is 1.92. The van der Waals surface area contributed by atoms with E-state index in [0.717, 1.165) is 49.3 Å². The van der Waals surface area contributed by atoms with Gasteiger partial charge in [0.25, 0.3) is 0 Å². The van der Waals surface area contributed by atoms with E-state index >= 15 is 0 Å². The van der Waals surface area contributed by atoms with E-state index in [2.05, 4.69) is 15.3 Å². The zero-order valence-electron chi connectivity index (χ0n) is 10.7. The number of nitrogen functional groups attached to an aromatic ring is 1. The molecule has 2 saturated carbocycles. The van der Waals surface area contributed by atoms with Gasteiger partial charge in [-0.25, -0.2) is 9.97 Å². The molecule has 5 heteroatoms. The summed E-state index contributed by atoms with van der Waals surface area (Å²) >= 11 is 0. The van der Waals surface area contributed by atoms with Gasteiger partial charge < -0.3 is 16.2 Å². The number of nitrogens with two attached hydrogens (primary N) is 1. The van der Waals surface area contributed by atoms with E-state index in [4.69, 9.17) is 5.73 Å². The second-order valence-electron chi connectivity index (χ2n) is 5.63. The molecule has 0 bridgehead atoms. The monoisotopic (exact) mass is 248 g/mol. The van der Waals surface area contributed by atoms with E-state index < -0.39 is 0 Å². The summed E-state index contributed by atoms with van der Waals surface area (Å²) in [7, 11) is 0. The molecule has 2 fully saturated rings. The molecule has 3 rings (SSSR count). The second-order valence-corrected chi connectivity index (χ2v) is 5.63. The van der Waals surface area contributed by atoms with E-state index in [-0.39, 0.29) is 12.1 Å². The number of hydrogen-bond acceptors (Lipinski definition) is 5. The van der Waals surface area contributed by atoms with Gasteiger partial charge in [-0.1, -0.05) is 0 Å². The molecule has 0 amide bonds. The molecule has 1 aromatic heterocycles. The zero-order valence-corrected chi connectivity index (χ0v) is 10.7. The number of aromatic nitrogens is 2. The standard InChI is InChI=1S/C13H20N4O/c1-8-10(14)15-12(9-3-4-9)16-11(8)17-13(7-18)5-2-6-13/h9,18H,2-7H2,1H3,(H3,14,15,16,17). The van der Waals surface area contributed by atoms with Crippen molar-refractivity contribution in [2.75, 3.05) is 17.7 Å². The summed E-state index contributed by atoms with van der Waals surface area (Å²) in [4.78, 5) is 8.96. The van der Waals surface area contributed by atoms with Crippen molar-refractivity contribution in [3.05, 3.63) is 11.4 Å². The molecule has 0 atom stereocenters. The molecule has 0 radical (unpaired) electrons. The quantitative estimate of drug-likeness (QED) is 0.753. The van der Waals surface area contributed by atoms with Crippen LogP contribution in [0.1, 0.15) is 49.4 Å². The van der Waals surface area contributed by atoms with Crippen LogP contribution in [0.4, 0.5) is 11.6 Å². The van der Waals surface area contributed by atoms with Crippen LogP contribution >= 0.6 is 0 Å². The lowest BCUT2D eigenvalue weighted by Crippen LogP contribution is -2.48. The fraction of sp³-hybridized carbons (Fsp3) is 0.692. The number of hydrogen-bond donors (Lipinski definition) is 3. The molecule has 1 heterocycles. The first-order valence-corrected chi connectivity index (χ1v) is 6.67. The Balaban J connectivity index is 1.90. The largest absolute Gasteiger partial charge is 0.394 e. The van der Waals surface area contributed by atoms with E-state index in [1.165, 1.54) is 0 Å². The van der Waals surface area contributed by atoms with Gasteiger partial charge in [0.05, 0.1) is 12.1 Å². The third-order valence-electron chi connectivity index (χ3n) is 4.14. The smallest absolute Gasteiger partial charge is 0.136 e. The van der Waals surface area contributed by atoms with Crippen molar-refractivity contribution in [3.63, 3.8) is 0 Å². The molecule has 98 valence electrons. The molecule has 0 aromatic carbocycles. The van der Waals surface area contributed by atoms with Gasteiger partial charge in [-0.15, -0.1) is 0 Å². The number of nitrogens with zero attached hydrogens (tertiary/aromatic N) is 2. The summed E-state index contributed by atoms with van der Waals surface area (Å²) < 4.78 is 0. The highest BCUT2D eigenvalue weighted by Crippen LogP contribution is 2.40. The molecule has 0 aliphatic heterocycles. The van der Waals surface area contributed by atoms with Crippen molar-refractivity contribution in [3.8, 4) is 0 Å². The summed E-state index contributed by atoms with van der Waals surface area (Å²) in [6.45, 7) is 2.08. The maximum atomic E-state index is 9.51. The van der Waals surface area contributed by atoms with Crippen molar-refractivity contribution in [2.24, 2.45) is 0 Å². The van der Waals surface area contributed by atoms with Crippen LogP contribution in [0.25, 0.3) is 0 Å². The van der Waals surface area contributed by atoms with Crippen LogP contribution in [-0.4, -0.2) is 27.2 Å². The normalized spacial score (nSPS) is 21.4. The number of rotatable bonds is 4. The van der Waals surface area contributed by atoms with Gasteiger partial charge in [0.1, 0.15) is 17.5 Å². The van der Waals surface area contributed by atoms with Crippen molar-refractivity contribution in [1.82, 2.24) is 9.97 Å². The van der Waals surface area contributed by atoms with Crippen molar-refractivity contribution < 1.29 is 5.11 Å². The van der Waals surface area contributed by atoms with Crippen LogP contribution in [0.3, 0.4) is 0 Å². The third-order valence-corrected chi connectivity index (χ3v) is 4.14. The fourth-order valence-corrected chi connectivity index (χ4v) is 2.38. The van der Waals surface area contributed by atoms with E-state index in [0.29, 0.717) is 11.7 Å². The average Bonchev–Trinajstić information content (AvgIpc) is 3.12. The number of anilines is 2. The number of nitrogens with one attached hydrogen (secondary N) is 1. The Morgan fingerprint density at radius 2 is 2.11 bits per heavy atom. The summed E-state index contributed by atoms with van der Waals surface area (Å²) in [5.41, 5.74) is 6.65. The van der Waals surface area contributed by atoms with Crippen LogP contribution in [0.15, 0.2) is 0 Å². The van der Waals surface area contributed by atoms with Crippen molar-refractivity contribution in [1.29, 1.82) is 0 Å². The predicted octanol–water partition coefficient (Wildman–Crippen LogP) is 1.57. The minimum absolute atomic E-state index is 0.148. The van der Waals surface area contributed by atoms with E-state index in [9.17, 15) is 5.11 Å². The first-order chi connectivity index (χ1) is 8.63.